The number of likely N-dealkylation sites (N-methyl/N-ethyl adjacent to an activating group) is 1. The number of hydrogen-bond donors (Lipinski definition) is 2. The summed E-state index contributed by atoms with van der Waals surface area (Å²) in [7, 11) is 3.97. The number of allylic oxidation sites excluding steroid dienone is 1. The van der Waals surface area contributed by atoms with Gasteiger partial charge in [-0.2, -0.15) is 0 Å². The summed E-state index contributed by atoms with van der Waals surface area (Å²) in [6.45, 7) is 1.87. The van der Waals surface area contributed by atoms with Crippen LogP contribution in [0.15, 0.2) is 84.4 Å². The largest absolute Gasteiger partial charge is 0.399 e. The number of rotatable bonds is 7. The van der Waals surface area contributed by atoms with Gasteiger partial charge in [0.2, 0.25) is 5.91 Å². The highest BCUT2D eigenvalue weighted by Gasteiger charge is 2.39. The molecule has 7 nitrogen and oxygen atoms in total. The molecule has 1 heterocycles. The second kappa shape index (κ2) is 11.5. The van der Waals surface area contributed by atoms with Gasteiger partial charge >= 0.3 is 0 Å². The molecule has 2 amide bonds. The van der Waals surface area contributed by atoms with Crippen LogP contribution in [0, 0.1) is 5.41 Å². The van der Waals surface area contributed by atoms with Gasteiger partial charge in [-0.05, 0) is 75.0 Å². The van der Waals surface area contributed by atoms with Crippen LogP contribution in [-0.2, 0) is 11.2 Å². The maximum atomic E-state index is 14.2. The number of fused-ring (bicyclic) bond motifs is 1. The molecule has 1 spiro atoms. The molecule has 2 aliphatic rings. The average Bonchev–Trinajstić information content (AvgIpc) is 3.29. The molecule has 3 aromatic carbocycles. The Hall–Kier alpha value is -4.23. The van der Waals surface area contributed by atoms with Gasteiger partial charge in [-0.25, -0.2) is 0 Å². The normalized spacial score (nSPS) is 18.3. The minimum atomic E-state index is -0.237. The molecule has 5 rings (SSSR count). The molecule has 0 saturated carbocycles. The van der Waals surface area contributed by atoms with Crippen LogP contribution in [0.3, 0.4) is 0 Å². The fourth-order valence-corrected chi connectivity index (χ4v) is 5.80. The van der Waals surface area contributed by atoms with Gasteiger partial charge in [0.15, 0.2) is 5.78 Å². The molecule has 1 aliphatic heterocycles. The first-order chi connectivity index (χ1) is 19.3. The van der Waals surface area contributed by atoms with Crippen molar-refractivity contribution in [3.05, 3.63) is 107 Å². The molecular formula is C33H36N4O3. The molecule has 7 heteroatoms. The highest BCUT2D eigenvalue weighted by molar-refractivity contribution is 6.18. The summed E-state index contributed by atoms with van der Waals surface area (Å²) < 4.78 is 0. The monoisotopic (exact) mass is 536 g/mol. The van der Waals surface area contributed by atoms with Gasteiger partial charge in [0, 0.05) is 47.7 Å². The zero-order chi connectivity index (χ0) is 28.3. The Morgan fingerprint density at radius 3 is 2.48 bits per heavy atom. The van der Waals surface area contributed by atoms with E-state index in [1.807, 2.05) is 43.3 Å². The Morgan fingerprint density at radius 2 is 1.70 bits per heavy atom. The molecule has 3 aromatic rings. The molecule has 206 valence electrons. The standard InChI is InChI=1S/C33H36N4O3/c1-36(2)19-17-35-31(39)25-14-15-33(22-25)16-18-37(29-11-7-6-10-24(29)21-33)32(40)27-13-12-26(34)20-28(27)30(38)23-8-4-3-5-9-23/h3-13,20,22H,14-19,21,34H2,1-2H3,(H,35,39). The predicted octanol–water partition coefficient (Wildman–Crippen LogP) is 4.48. The van der Waals surface area contributed by atoms with E-state index in [1.54, 1.807) is 47.4 Å². The number of benzene rings is 3. The molecular weight excluding hydrogens is 500 g/mol. The average molecular weight is 537 g/mol. The summed E-state index contributed by atoms with van der Waals surface area (Å²) >= 11 is 0. The van der Waals surface area contributed by atoms with Crippen molar-refractivity contribution in [2.75, 3.05) is 44.4 Å². The molecule has 1 atom stereocenters. The van der Waals surface area contributed by atoms with Crippen molar-refractivity contribution in [2.45, 2.75) is 25.7 Å². The highest BCUT2D eigenvalue weighted by Crippen LogP contribution is 2.46. The zero-order valence-corrected chi connectivity index (χ0v) is 23.2. The van der Waals surface area contributed by atoms with Gasteiger partial charge in [-0.1, -0.05) is 54.6 Å². The van der Waals surface area contributed by atoms with Crippen molar-refractivity contribution in [2.24, 2.45) is 5.41 Å². The van der Waals surface area contributed by atoms with Crippen LogP contribution in [0.4, 0.5) is 11.4 Å². The lowest BCUT2D eigenvalue weighted by Gasteiger charge is -2.26. The van der Waals surface area contributed by atoms with E-state index in [4.69, 9.17) is 5.73 Å². The number of hydrogen-bond acceptors (Lipinski definition) is 5. The molecule has 0 fully saturated rings. The molecule has 0 bridgehead atoms. The Kier molecular flexibility index (Phi) is 7.85. The smallest absolute Gasteiger partial charge is 0.259 e. The van der Waals surface area contributed by atoms with Crippen molar-refractivity contribution in [3.63, 3.8) is 0 Å². The Labute approximate surface area is 235 Å². The Bertz CT molecular complexity index is 1460. The number of carbonyl (C=O) groups is 3. The summed E-state index contributed by atoms with van der Waals surface area (Å²) in [4.78, 5) is 44.4. The topological polar surface area (TPSA) is 95.7 Å². The van der Waals surface area contributed by atoms with Gasteiger partial charge in [0.1, 0.15) is 0 Å². The van der Waals surface area contributed by atoms with Crippen LogP contribution in [0.25, 0.3) is 0 Å². The first-order valence-corrected chi connectivity index (χ1v) is 13.8. The van der Waals surface area contributed by atoms with Crippen LogP contribution in [0.5, 0.6) is 0 Å². The van der Waals surface area contributed by atoms with E-state index in [0.717, 1.165) is 49.1 Å². The van der Waals surface area contributed by atoms with E-state index in [9.17, 15) is 14.4 Å². The number of carbonyl (C=O) groups excluding carboxylic acids is 3. The van der Waals surface area contributed by atoms with E-state index >= 15 is 0 Å². The number of nitrogens with one attached hydrogen (secondary N) is 1. The number of anilines is 2. The lowest BCUT2D eigenvalue weighted by molar-refractivity contribution is -0.117. The molecule has 0 radical (unpaired) electrons. The van der Waals surface area contributed by atoms with Gasteiger partial charge < -0.3 is 20.9 Å². The van der Waals surface area contributed by atoms with Gasteiger partial charge in [0.05, 0.1) is 5.56 Å². The fourth-order valence-electron chi connectivity index (χ4n) is 5.80. The van der Waals surface area contributed by atoms with E-state index < -0.39 is 0 Å². The number of nitrogens with zero attached hydrogens (tertiary/aromatic N) is 2. The summed E-state index contributed by atoms with van der Waals surface area (Å²) in [6.07, 6.45) is 5.20. The van der Waals surface area contributed by atoms with Gasteiger partial charge in [-0.15, -0.1) is 0 Å². The van der Waals surface area contributed by atoms with Crippen molar-refractivity contribution < 1.29 is 14.4 Å². The first-order valence-electron chi connectivity index (χ1n) is 13.8. The molecule has 40 heavy (non-hydrogen) atoms. The molecule has 0 saturated heterocycles. The second-order valence-corrected chi connectivity index (χ2v) is 11.1. The summed E-state index contributed by atoms with van der Waals surface area (Å²) in [5.41, 5.74) is 10.1. The van der Waals surface area contributed by atoms with E-state index in [-0.39, 0.29) is 23.0 Å². The van der Waals surface area contributed by atoms with Crippen molar-refractivity contribution >= 4 is 29.0 Å². The SMILES string of the molecule is CN(C)CCNC(=O)C1=CC2(CC1)CCN(C(=O)c1ccc(N)cc1C(=O)c1ccccc1)c1ccccc1C2. The fraction of sp³-hybridized carbons (Fsp3) is 0.303. The third-order valence-electron chi connectivity index (χ3n) is 7.97. The Balaban J connectivity index is 1.44. The van der Waals surface area contributed by atoms with E-state index in [2.05, 4.69) is 17.5 Å². The number of para-hydroxylation sites is 1. The minimum Gasteiger partial charge on any atom is -0.399 e. The van der Waals surface area contributed by atoms with Crippen LogP contribution in [-0.4, -0.2) is 56.2 Å². The van der Waals surface area contributed by atoms with Crippen molar-refractivity contribution in [1.82, 2.24) is 10.2 Å². The first kappa shape index (κ1) is 27.3. The summed E-state index contributed by atoms with van der Waals surface area (Å²) in [5, 5.41) is 3.04. The van der Waals surface area contributed by atoms with Gasteiger partial charge in [0.25, 0.3) is 5.91 Å². The zero-order valence-electron chi connectivity index (χ0n) is 23.2. The highest BCUT2D eigenvalue weighted by atomic mass is 16.2. The van der Waals surface area contributed by atoms with E-state index in [0.29, 0.717) is 35.5 Å². The lowest BCUT2D eigenvalue weighted by Crippen LogP contribution is -2.34. The van der Waals surface area contributed by atoms with Crippen LogP contribution < -0.4 is 16.0 Å². The van der Waals surface area contributed by atoms with Crippen LogP contribution in [0.1, 0.15) is 51.1 Å². The van der Waals surface area contributed by atoms with E-state index in [1.165, 1.54) is 0 Å². The molecule has 0 aromatic heterocycles. The maximum Gasteiger partial charge on any atom is 0.259 e. The summed E-state index contributed by atoms with van der Waals surface area (Å²) in [6, 6.07) is 21.8. The molecule has 3 N–H and O–H groups in total. The maximum absolute atomic E-state index is 14.2. The lowest BCUT2D eigenvalue weighted by atomic mass is 9.79. The molecule has 1 unspecified atom stereocenters. The number of nitrogens with two attached hydrogens (primary N) is 1. The third-order valence-corrected chi connectivity index (χ3v) is 7.97. The van der Waals surface area contributed by atoms with Crippen molar-refractivity contribution in [1.29, 1.82) is 0 Å². The minimum absolute atomic E-state index is 0.00451. The Morgan fingerprint density at radius 1 is 0.950 bits per heavy atom. The van der Waals surface area contributed by atoms with Gasteiger partial charge in [-0.3, -0.25) is 14.4 Å². The molecule has 1 aliphatic carbocycles. The summed E-state index contributed by atoms with van der Waals surface area (Å²) in [5.74, 6) is -0.470. The number of nitrogen functional groups attached to an aromatic ring is 1. The van der Waals surface area contributed by atoms with Crippen molar-refractivity contribution in [3.8, 4) is 0 Å². The third kappa shape index (κ3) is 5.70. The number of ketones is 1. The predicted molar refractivity (Wildman–Crippen MR) is 158 cm³/mol. The number of amides is 2. The van der Waals surface area contributed by atoms with Crippen LogP contribution in [0.2, 0.25) is 0 Å². The van der Waals surface area contributed by atoms with Crippen LogP contribution >= 0.6 is 0 Å². The quantitative estimate of drug-likeness (QED) is 0.343. The second-order valence-electron chi connectivity index (χ2n) is 11.1.